The molecular formula is C10H21N3O2. The third-order valence-corrected chi connectivity index (χ3v) is 2.06. The third kappa shape index (κ3) is 5.37. The van der Waals surface area contributed by atoms with Crippen LogP contribution in [0.1, 0.15) is 20.8 Å². The van der Waals surface area contributed by atoms with Gasteiger partial charge in [-0.1, -0.05) is 6.92 Å². The molecule has 0 aromatic rings. The fraction of sp³-hybridized carbons (Fsp3) is 0.800. The molecule has 0 aliphatic carbocycles. The number of hydrogen-bond donors (Lipinski definition) is 3. The Bertz CT molecular complexity index is 219. The highest BCUT2D eigenvalue weighted by Gasteiger charge is 2.18. The van der Waals surface area contributed by atoms with Crippen LogP contribution in [0.3, 0.4) is 0 Å². The number of rotatable bonds is 6. The summed E-state index contributed by atoms with van der Waals surface area (Å²) in [5.41, 5.74) is 0. The molecular weight excluding hydrogens is 194 g/mol. The predicted molar refractivity (Wildman–Crippen MR) is 59.4 cm³/mol. The molecule has 88 valence electrons. The summed E-state index contributed by atoms with van der Waals surface area (Å²) in [4.78, 5) is 22.8. The van der Waals surface area contributed by atoms with Gasteiger partial charge in [0.15, 0.2) is 0 Å². The van der Waals surface area contributed by atoms with Gasteiger partial charge >= 0.3 is 0 Å². The number of hydrogen-bond acceptors (Lipinski definition) is 3. The van der Waals surface area contributed by atoms with Gasteiger partial charge in [-0.3, -0.25) is 9.59 Å². The first-order valence-electron chi connectivity index (χ1n) is 5.25. The zero-order valence-electron chi connectivity index (χ0n) is 9.89. The molecule has 2 unspecified atom stereocenters. The summed E-state index contributed by atoms with van der Waals surface area (Å²) in [5.74, 6) is -0.391. The van der Waals surface area contributed by atoms with Crippen LogP contribution in [0.4, 0.5) is 0 Å². The van der Waals surface area contributed by atoms with Crippen LogP contribution in [0.25, 0.3) is 0 Å². The quantitative estimate of drug-likeness (QED) is 0.558. The maximum absolute atomic E-state index is 11.5. The number of amides is 2. The van der Waals surface area contributed by atoms with Gasteiger partial charge in [-0.05, 0) is 20.9 Å². The Morgan fingerprint density at radius 1 is 1.20 bits per heavy atom. The average Bonchev–Trinajstić information content (AvgIpc) is 2.18. The minimum atomic E-state index is -0.475. The Labute approximate surface area is 91.0 Å². The van der Waals surface area contributed by atoms with Gasteiger partial charge in [0.1, 0.15) is 6.04 Å². The highest BCUT2D eigenvalue weighted by atomic mass is 16.2. The maximum Gasteiger partial charge on any atom is 0.242 e. The Morgan fingerprint density at radius 3 is 2.27 bits per heavy atom. The lowest BCUT2D eigenvalue weighted by atomic mass is 10.1. The lowest BCUT2D eigenvalue weighted by Crippen LogP contribution is -2.47. The second-order valence-corrected chi connectivity index (χ2v) is 3.58. The number of carbonyl (C=O) groups excluding carboxylic acids is 2. The van der Waals surface area contributed by atoms with E-state index in [-0.39, 0.29) is 17.7 Å². The number of nitrogens with one attached hydrogen (secondary N) is 3. The van der Waals surface area contributed by atoms with Crippen LogP contribution in [0.15, 0.2) is 0 Å². The summed E-state index contributed by atoms with van der Waals surface area (Å²) in [6.07, 6.45) is 0. The summed E-state index contributed by atoms with van der Waals surface area (Å²) in [6, 6.07) is -0.475. The normalized spacial score (nSPS) is 14.1. The van der Waals surface area contributed by atoms with Crippen LogP contribution in [0.2, 0.25) is 0 Å². The Kier molecular flexibility index (Phi) is 6.70. The van der Waals surface area contributed by atoms with Gasteiger partial charge in [-0.2, -0.15) is 0 Å². The molecule has 0 rings (SSSR count). The summed E-state index contributed by atoms with van der Waals surface area (Å²) in [6.45, 7) is 6.51. The van der Waals surface area contributed by atoms with Crippen LogP contribution >= 0.6 is 0 Å². The molecule has 2 atom stereocenters. The van der Waals surface area contributed by atoms with Gasteiger partial charge < -0.3 is 16.0 Å². The molecule has 0 radical (unpaired) electrons. The molecule has 0 bridgehead atoms. The van der Waals surface area contributed by atoms with Crippen molar-refractivity contribution in [1.29, 1.82) is 0 Å². The molecule has 2 amide bonds. The van der Waals surface area contributed by atoms with Crippen molar-refractivity contribution in [3.05, 3.63) is 0 Å². The molecule has 15 heavy (non-hydrogen) atoms. The van der Waals surface area contributed by atoms with Crippen molar-refractivity contribution in [1.82, 2.24) is 16.0 Å². The molecule has 0 spiro atoms. The summed E-state index contributed by atoms with van der Waals surface area (Å²) < 4.78 is 0. The molecule has 3 N–H and O–H groups in total. The molecule has 0 aromatic carbocycles. The SMILES string of the molecule is CCNC(=O)C(C)NC(=O)C(C)CNC. The van der Waals surface area contributed by atoms with Gasteiger partial charge in [0, 0.05) is 19.0 Å². The van der Waals surface area contributed by atoms with Gasteiger partial charge in [-0.25, -0.2) is 0 Å². The summed E-state index contributed by atoms with van der Waals surface area (Å²) in [5, 5.41) is 8.22. The highest BCUT2D eigenvalue weighted by molar-refractivity contribution is 5.88. The largest absolute Gasteiger partial charge is 0.355 e. The predicted octanol–water partition coefficient (Wildman–Crippen LogP) is -0.517. The van der Waals surface area contributed by atoms with Crippen LogP contribution in [-0.4, -0.2) is 38.0 Å². The van der Waals surface area contributed by atoms with Crippen LogP contribution in [0, 0.1) is 5.92 Å². The van der Waals surface area contributed by atoms with Crippen molar-refractivity contribution < 1.29 is 9.59 Å². The number of likely N-dealkylation sites (N-methyl/N-ethyl adjacent to an activating group) is 1. The van der Waals surface area contributed by atoms with Gasteiger partial charge in [0.25, 0.3) is 0 Å². The monoisotopic (exact) mass is 215 g/mol. The minimum absolute atomic E-state index is 0.108. The smallest absolute Gasteiger partial charge is 0.242 e. The zero-order chi connectivity index (χ0) is 11.8. The average molecular weight is 215 g/mol. The van der Waals surface area contributed by atoms with Gasteiger partial charge in [-0.15, -0.1) is 0 Å². The van der Waals surface area contributed by atoms with Crippen LogP contribution in [0.5, 0.6) is 0 Å². The first-order chi connectivity index (χ1) is 7.02. The van der Waals surface area contributed by atoms with Gasteiger partial charge in [0.05, 0.1) is 0 Å². The lowest BCUT2D eigenvalue weighted by Gasteiger charge is -2.16. The minimum Gasteiger partial charge on any atom is -0.355 e. The molecule has 0 saturated heterocycles. The Balaban J connectivity index is 4.00. The molecule has 0 fully saturated rings. The van der Waals surface area contributed by atoms with Gasteiger partial charge in [0.2, 0.25) is 11.8 Å². The zero-order valence-corrected chi connectivity index (χ0v) is 9.89. The first kappa shape index (κ1) is 13.9. The van der Waals surface area contributed by atoms with E-state index in [0.29, 0.717) is 13.1 Å². The molecule has 5 heteroatoms. The van der Waals surface area contributed by atoms with E-state index in [1.54, 1.807) is 14.0 Å². The summed E-state index contributed by atoms with van der Waals surface area (Å²) >= 11 is 0. The van der Waals surface area contributed by atoms with E-state index in [0.717, 1.165) is 0 Å². The third-order valence-electron chi connectivity index (χ3n) is 2.06. The van der Waals surface area contributed by atoms with Crippen molar-refractivity contribution in [3.63, 3.8) is 0 Å². The van der Waals surface area contributed by atoms with E-state index in [1.807, 2.05) is 13.8 Å². The van der Waals surface area contributed by atoms with Crippen molar-refractivity contribution in [2.24, 2.45) is 5.92 Å². The Hall–Kier alpha value is -1.10. The molecule has 0 aliphatic rings. The molecule has 5 nitrogen and oxygen atoms in total. The first-order valence-corrected chi connectivity index (χ1v) is 5.25. The second-order valence-electron chi connectivity index (χ2n) is 3.58. The topological polar surface area (TPSA) is 70.2 Å². The van der Waals surface area contributed by atoms with Crippen molar-refractivity contribution in [2.75, 3.05) is 20.1 Å². The molecule has 0 heterocycles. The van der Waals surface area contributed by atoms with E-state index in [9.17, 15) is 9.59 Å². The Morgan fingerprint density at radius 2 is 1.80 bits per heavy atom. The standard InChI is InChI=1S/C10H21N3O2/c1-5-12-10(15)8(3)13-9(14)7(2)6-11-4/h7-8,11H,5-6H2,1-4H3,(H,12,15)(H,13,14). The fourth-order valence-electron chi connectivity index (χ4n) is 1.15. The van der Waals surface area contributed by atoms with Crippen LogP contribution in [-0.2, 0) is 9.59 Å². The van der Waals surface area contributed by atoms with Crippen molar-refractivity contribution in [3.8, 4) is 0 Å². The fourth-order valence-corrected chi connectivity index (χ4v) is 1.15. The molecule has 0 saturated carbocycles. The van der Waals surface area contributed by atoms with E-state index < -0.39 is 6.04 Å². The molecule has 0 aliphatic heterocycles. The van der Waals surface area contributed by atoms with Crippen LogP contribution < -0.4 is 16.0 Å². The summed E-state index contributed by atoms with van der Waals surface area (Å²) in [7, 11) is 1.79. The lowest BCUT2D eigenvalue weighted by molar-refractivity contribution is -0.130. The second kappa shape index (κ2) is 7.23. The van der Waals surface area contributed by atoms with E-state index >= 15 is 0 Å². The molecule has 0 aromatic heterocycles. The van der Waals surface area contributed by atoms with E-state index in [2.05, 4.69) is 16.0 Å². The van der Waals surface area contributed by atoms with Crippen molar-refractivity contribution >= 4 is 11.8 Å². The van der Waals surface area contributed by atoms with E-state index in [1.165, 1.54) is 0 Å². The highest BCUT2D eigenvalue weighted by Crippen LogP contribution is 1.93. The van der Waals surface area contributed by atoms with Crippen molar-refractivity contribution in [2.45, 2.75) is 26.8 Å². The maximum atomic E-state index is 11.5. The van der Waals surface area contributed by atoms with E-state index in [4.69, 9.17) is 0 Å². The number of carbonyl (C=O) groups is 2.